The third-order valence-corrected chi connectivity index (χ3v) is 3.61. The third-order valence-electron chi connectivity index (χ3n) is 3.61. The van der Waals surface area contributed by atoms with Gasteiger partial charge in [-0.1, -0.05) is 0 Å². The second-order valence-corrected chi connectivity index (χ2v) is 4.93. The van der Waals surface area contributed by atoms with Crippen molar-refractivity contribution >= 4 is 0 Å². The van der Waals surface area contributed by atoms with E-state index < -0.39 is 0 Å². The lowest BCUT2D eigenvalue weighted by atomic mass is 9.95. The predicted molar refractivity (Wildman–Crippen MR) is 68.8 cm³/mol. The zero-order valence-corrected chi connectivity index (χ0v) is 10.4. The summed E-state index contributed by atoms with van der Waals surface area (Å²) in [7, 11) is 0. The van der Waals surface area contributed by atoms with E-state index in [1.54, 1.807) is 0 Å². The Kier molecular flexibility index (Phi) is 4.95. The molecule has 2 heterocycles. The maximum Gasteiger partial charge on any atom is 0.0434 e. The van der Waals surface area contributed by atoms with Gasteiger partial charge in [-0.15, -0.1) is 0 Å². The summed E-state index contributed by atoms with van der Waals surface area (Å²) < 4.78 is 0. The largest absolute Gasteiger partial charge is 0.396 e. The molecule has 1 atom stereocenters. The maximum atomic E-state index is 8.99. The molecule has 0 aliphatic carbocycles. The van der Waals surface area contributed by atoms with Crippen molar-refractivity contribution in [1.82, 2.24) is 9.88 Å². The summed E-state index contributed by atoms with van der Waals surface area (Å²) in [6, 6.07) is 4.18. The molecule has 1 aromatic heterocycles. The molecule has 94 valence electrons. The number of aliphatic hydroxyl groups is 1. The van der Waals surface area contributed by atoms with Crippen molar-refractivity contribution in [3.8, 4) is 0 Å². The van der Waals surface area contributed by atoms with Crippen molar-refractivity contribution in [2.45, 2.75) is 25.7 Å². The van der Waals surface area contributed by atoms with Gasteiger partial charge in [0.15, 0.2) is 0 Å². The number of rotatable bonds is 5. The van der Waals surface area contributed by atoms with E-state index in [4.69, 9.17) is 5.11 Å². The lowest BCUT2D eigenvalue weighted by Gasteiger charge is -2.32. The second kappa shape index (κ2) is 6.72. The highest BCUT2D eigenvalue weighted by atomic mass is 16.3. The lowest BCUT2D eigenvalue weighted by Crippen LogP contribution is -2.37. The molecule has 3 nitrogen and oxygen atoms in total. The fourth-order valence-electron chi connectivity index (χ4n) is 2.61. The zero-order valence-electron chi connectivity index (χ0n) is 10.4. The first-order chi connectivity index (χ1) is 8.38. The number of pyridine rings is 1. The van der Waals surface area contributed by atoms with Crippen molar-refractivity contribution in [2.24, 2.45) is 5.92 Å². The molecular weight excluding hydrogens is 212 g/mol. The number of hydrogen-bond acceptors (Lipinski definition) is 3. The number of likely N-dealkylation sites (tertiary alicyclic amines) is 1. The van der Waals surface area contributed by atoms with Gasteiger partial charge in [-0.25, -0.2) is 0 Å². The minimum atomic E-state index is 0.336. The molecule has 0 spiro atoms. The Morgan fingerprint density at radius 1 is 1.35 bits per heavy atom. The Bertz CT molecular complexity index is 313. The Balaban J connectivity index is 1.75. The molecule has 0 saturated carbocycles. The molecule has 1 N–H and O–H groups in total. The maximum absolute atomic E-state index is 8.99. The van der Waals surface area contributed by atoms with Crippen LogP contribution in [0.25, 0.3) is 0 Å². The van der Waals surface area contributed by atoms with Gasteiger partial charge in [0.2, 0.25) is 0 Å². The van der Waals surface area contributed by atoms with Gasteiger partial charge in [-0.3, -0.25) is 4.98 Å². The number of nitrogens with zero attached hydrogens (tertiary/aromatic N) is 2. The van der Waals surface area contributed by atoms with Gasteiger partial charge in [-0.2, -0.15) is 0 Å². The molecule has 1 fully saturated rings. The molecule has 0 radical (unpaired) electrons. The van der Waals surface area contributed by atoms with E-state index in [0.717, 1.165) is 25.9 Å². The lowest BCUT2D eigenvalue weighted by molar-refractivity contribution is 0.149. The smallest absolute Gasteiger partial charge is 0.0434 e. The second-order valence-electron chi connectivity index (χ2n) is 4.93. The monoisotopic (exact) mass is 234 g/mol. The summed E-state index contributed by atoms with van der Waals surface area (Å²) in [6.07, 6.45) is 8.35. The predicted octanol–water partition coefficient (Wildman–Crippen LogP) is 1.72. The van der Waals surface area contributed by atoms with Crippen LogP contribution in [0.1, 0.15) is 24.8 Å². The molecule has 1 unspecified atom stereocenters. The first kappa shape index (κ1) is 12.5. The number of hydrogen-bond donors (Lipinski definition) is 1. The summed E-state index contributed by atoms with van der Waals surface area (Å²) in [5, 5.41) is 8.99. The average molecular weight is 234 g/mol. The molecular formula is C14H22N2O. The fraction of sp³-hybridized carbons (Fsp3) is 0.643. The van der Waals surface area contributed by atoms with Crippen LogP contribution >= 0.6 is 0 Å². The molecule has 1 saturated heterocycles. The average Bonchev–Trinajstić information content (AvgIpc) is 2.39. The van der Waals surface area contributed by atoms with Crippen molar-refractivity contribution in [3.05, 3.63) is 30.1 Å². The Hall–Kier alpha value is -0.930. The standard InChI is InChI=1S/C14H22N2O/c17-11-6-14-2-1-9-16(12-14)10-5-13-3-7-15-8-4-13/h3-4,7-8,14,17H,1-2,5-6,9-12H2. The van der Waals surface area contributed by atoms with Gasteiger partial charge in [0.05, 0.1) is 0 Å². The van der Waals surface area contributed by atoms with Gasteiger partial charge in [0.25, 0.3) is 0 Å². The topological polar surface area (TPSA) is 36.4 Å². The summed E-state index contributed by atoms with van der Waals surface area (Å²) in [4.78, 5) is 6.57. The quantitative estimate of drug-likeness (QED) is 0.842. The molecule has 0 amide bonds. The summed E-state index contributed by atoms with van der Waals surface area (Å²) in [6.45, 7) is 3.84. The van der Waals surface area contributed by atoms with Crippen LogP contribution in [0, 0.1) is 5.92 Å². The number of piperidine rings is 1. The van der Waals surface area contributed by atoms with Gasteiger partial charge in [0.1, 0.15) is 0 Å². The first-order valence-electron chi connectivity index (χ1n) is 6.60. The van der Waals surface area contributed by atoms with Gasteiger partial charge in [-0.05, 0) is 55.8 Å². The van der Waals surface area contributed by atoms with Gasteiger partial charge >= 0.3 is 0 Å². The molecule has 1 aliphatic heterocycles. The molecule has 3 heteroatoms. The van der Waals surface area contributed by atoms with Crippen LogP contribution in [-0.4, -0.2) is 41.2 Å². The van der Waals surface area contributed by atoms with Crippen LogP contribution in [0.3, 0.4) is 0 Å². The zero-order chi connectivity index (χ0) is 11.9. The van der Waals surface area contributed by atoms with Crippen molar-refractivity contribution in [1.29, 1.82) is 0 Å². The highest BCUT2D eigenvalue weighted by Crippen LogP contribution is 2.19. The fourth-order valence-corrected chi connectivity index (χ4v) is 2.61. The molecule has 17 heavy (non-hydrogen) atoms. The van der Waals surface area contributed by atoms with Gasteiger partial charge < -0.3 is 10.0 Å². The Labute approximate surface area is 103 Å². The van der Waals surface area contributed by atoms with E-state index >= 15 is 0 Å². The minimum Gasteiger partial charge on any atom is -0.396 e. The summed E-state index contributed by atoms with van der Waals surface area (Å²) in [5.41, 5.74) is 1.37. The normalized spacial score (nSPS) is 21.6. The molecule has 1 aromatic rings. The van der Waals surface area contributed by atoms with E-state index in [1.165, 1.54) is 24.9 Å². The van der Waals surface area contributed by atoms with Crippen molar-refractivity contribution < 1.29 is 5.11 Å². The highest BCUT2D eigenvalue weighted by Gasteiger charge is 2.18. The summed E-state index contributed by atoms with van der Waals surface area (Å²) in [5.74, 6) is 0.700. The Morgan fingerprint density at radius 3 is 2.94 bits per heavy atom. The first-order valence-corrected chi connectivity index (χ1v) is 6.60. The molecule has 0 bridgehead atoms. The van der Waals surface area contributed by atoms with Crippen molar-refractivity contribution in [3.63, 3.8) is 0 Å². The third kappa shape index (κ3) is 4.10. The van der Waals surface area contributed by atoms with Crippen molar-refractivity contribution in [2.75, 3.05) is 26.2 Å². The van der Waals surface area contributed by atoms with Crippen LogP contribution in [-0.2, 0) is 6.42 Å². The minimum absolute atomic E-state index is 0.336. The Morgan fingerprint density at radius 2 is 2.18 bits per heavy atom. The molecule has 2 rings (SSSR count). The SMILES string of the molecule is OCCC1CCCN(CCc2ccncc2)C1. The number of aromatic nitrogens is 1. The van der Waals surface area contributed by atoms with E-state index in [2.05, 4.69) is 22.0 Å². The highest BCUT2D eigenvalue weighted by molar-refractivity contribution is 5.09. The molecule has 0 aromatic carbocycles. The van der Waals surface area contributed by atoms with Crippen LogP contribution < -0.4 is 0 Å². The van der Waals surface area contributed by atoms with E-state index in [0.29, 0.717) is 12.5 Å². The van der Waals surface area contributed by atoms with E-state index in [-0.39, 0.29) is 0 Å². The van der Waals surface area contributed by atoms with Crippen LogP contribution in [0.4, 0.5) is 0 Å². The van der Waals surface area contributed by atoms with Crippen LogP contribution in [0.2, 0.25) is 0 Å². The number of aliphatic hydroxyl groups excluding tert-OH is 1. The van der Waals surface area contributed by atoms with E-state index in [9.17, 15) is 0 Å². The van der Waals surface area contributed by atoms with Gasteiger partial charge in [0, 0.05) is 32.1 Å². The van der Waals surface area contributed by atoms with Crippen LogP contribution in [0.15, 0.2) is 24.5 Å². The summed E-state index contributed by atoms with van der Waals surface area (Å²) >= 11 is 0. The van der Waals surface area contributed by atoms with E-state index in [1.807, 2.05) is 12.4 Å². The molecule has 1 aliphatic rings. The van der Waals surface area contributed by atoms with Crippen LogP contribution in [0.5, 0.6) is 0 Å².